The average molecular weight is 245 g/mol. The van der Waals surface area contributed by atoms with Crippen LogP contribution in [-0.2, 0) is 6.42 Å². The summed E-state index contributed by atoms with van der Waals surface area (Å²) in [7, 11) is 0. The third kappa shape index (κ3) is 3.35. The molecule has 1 aliphatic rings. The van der Waals surface area contributed by atoms with Crippen LogP contribution in [0.3, 0.4) is 0 Å². The highest BCUT2D eigenvalue weighted by Crippen LogP contribution is 2.47. The van der Waals surface area contributed by atoms with Gasteiger partial charge >= 0.3 is 0 Å². The van der Waals surface area contributed by atoms with Gasteiger partial charge in [-0.2, -0.15) is 0 Å². The largest absolute Gasteiger partial charge is 0.316 e. The number of rotatable bonds is 7. The molecule has 1 saturated carbocycles. The Morgan fingerprint density at radius 1 is 1.28 bits per heavy atom. The third-order valence-electron chi connectivity index (χ3n) is 4.37. The Morgan fingerprint density at radius 2 is 2.00 bits per heavy atom. The van der Waals surface area contributed by atoms with Gasteiger partial charge in [-0.05, 0) is 61.6 Å². The maximum absolute atomic E-state index is 3.64. The average Bonchev–Trinajstić information content (AvgIpc) is 3.17. The van der Waals surface area contributed by atoms with E-state index in [9.17, 15) is 0 Å². The molecule has 0 radical (unpaired) electrons. The van der Waals surface area contributed by atoms with E-state index in [1.54, 1.807) is 0 Å². The Labute approximate surface area is 112 Å². The van der Waals surface area contributed by atoms with Gasteiger partial charge in [0.15, 0.2) is 0 Å². The highest BCUT2D eigenvalue weighted by atomic mass is 14.9. The highest BCUT2D eigenvalue weighted by molar-refractivity contribution is 5.27. The zero-order valence-corrected chi connectivity index (χ0v) is 12.1. The SMILES string of the molecule is CCCNCC(C)(Cc1ccccc1C)C1CC1. The molecule has 0 saturated heterocycles. The maximum Gasteiger partial charge on any atom is 0.00110 e. The number of benzene rings is 1. The van der Waals surface area contributed by atoms with Crippen molar-refractivity contribution in [2.75, 3.05) is 13.1 Å². The summed E-state index contributed by atoms with van der Waals surface area (Å²) in [4.78, 5) is 0. The summed E-state index contributed by atoms with van der Waals surface area (Å²) < 4.78 is 0. The number of nitrogens with one attached hydrogen (secondary N) is 1. The predicted octanol–water partition coefficient (Wildman–Crippen LogP) is 3.95. The summed E-state index contributed by atoms with van der Waals surface area (Å²) in [6.45, 7) is 9.26. The molecule has 1 heteroatoms. The van der Waals surface area contributed by atoms with Crippen molar-refractivity contribution in [2.24, 2.45) is 11.3 Å². The number of aryl methyl sites for hydroxylation is 1. The van der Waals surface area contributed by atoms with E-state index >= 15 is 0 Å². The van der Waals surface area contributed by atoms with Gasteiger partial charge in [-0.15, -0.1) is 0 Å². The molecule has 1 nitrogen and oxygen atoms in total. The molecule has 100 valence electrons. The molecule has 0 bridgehead atoms. The maximum atomic E-state index is 3.64. The van der Waals surface area contributed by atoms with Gasteiger partial charge in [0.1, 0.15) is 0 Å². The van der Waals surface area contributed by atoms with Gasteiger partial charge in [0, 0.05) is 6.54 Å². The van der Waals surface area contributed by atoms with E-state index in [-0.39, 0.29) is 0 Å². The van der Waals surface area contributed by atoms with Crippen LogP contribution < -0.4 is 5.32 Å². The van der Waals surface area contributed by atoms with Gasteiger partial charge in [0.25, 0.3) is 0 Å². The van der Waals surface area contributed by atoms with Crippen molar-refractivity contribution >= 4 is 0 Å². The fourth-order valence-electron chi connectivity index (χ4n) is 2.93. The van der Waals surface area contributed by atoms with Gasteiger partial charge in [-0.25, -0.2) is 0 Å². The fraction of sp³-hybridized carbons (Fsp3) is 0.647. The first-order valence-corrected chi connectivity index (χ1v) is 7.41. The minimum Gasteiger partial charge on any atom is -0.316 e. The van der Waals surface area contributed by atoms with E-state index in [4.69, 9.17) is 0 Å². The van der Waals surface area contributed by atoms with Crippen LogP contribution in [0.4, 0.5) is 0 Å². The molecule has 2 rings (SSSR count). The van der Waals surface area contributed by atoms with Crippen molar-refractivity contribution < 1.29 is 0 Å². The lowest BCUT2D eigenvalue weighted by Gasteiger charge is -2.31. The van der Waals surface area contributed by atoms with Gasteiger partial charge in [-0.1, -0.05) is 38.1 Å². The van der Waals surface area contributed by atoms with Crippen molar-refractivity contribution in [1.82, 2.24) is 5.32 Å². The lowest BCUT2D eigenvalue weighted by atomic mass is 9.78. The molecular weight excluding hydrogens is 218 g/mol. The van der Waals surface area contributed by atoms with Gasteiger partial charge in [0.05, 0.1) is 0 Å². The Balaban J connectivity index is 2.03. The first-order chi connectivity index (χ1) is 8.65. The predicted molar refractivity (Wildman–Crippen MR) is 78.9 cm³/mol. The normalized spacial score (nSPS) is 18.6. The Bertz CT molecular complexity index is 381. The molecule has 0 aliphatic heterocycles. The minimum absolute atomic E-state index is 0.446. The van der Waals surface area contributed by atoms with Crippen molar-refractivity contribution in [1.29, 1.82) is 0 Å². The molecule has 1 atom stereocenters. The molecule has 1 fully saturated rings. The second-order valence-electron chi connectivity index (χ2n) is 6.21. The lowest BCUT2D eigenvalue weighted by molar-refractivity contribution is 0.256. The highest BCUT2D eigenvalue weighted by Gasteiger charge is 2.41. The molecule has 0 heterocycles. The standard InChI is InChI=1S/C17H27N/c1-4-11-18-13-17(3,16-9-10-16)12-15-8-6-5-7-14(15)2/h5-8,16,18H,4,9-13H2,1-3H3. The molecule has 1 unspecified atom stereocenters. The van der Waals surface area contributed by atoms with Crippen molar-refractivity contribution in [3.63, 3.8) is 0 Å². The van der Waals surface area contributed by atoms with Crippen molar-refractivity contribution in [3.05, 3.63) is 35.4 Å². The van der Waals surface area contributed by atoms with E-state index in [1.807, 2.05) is 0 Å². The monoisotopic (exact) mass is 245 g/mol. The zero-order chi connectivity index (χ0) is 13.0. The molecule has 1 aliphatic carbocycles. The molecular formula is C17H27N. The number of hydrogen-bond acceptors (Lipinski definition) is 1. The van der Waals surface area contributed by atoms with E-state index in [1.165, 1.54) is 43.4 Å². The smallest absolute Gasteiger partial charge is 0.00110 e. The first-order valence-electron chi connectivity index (χ1n) is 7.41. The molecule has 0 aromatic heterocycles. The summed E-state index contributed by atoms with van der Waals surface area (Å²) in [5, 5.41) is 3.64. The summed E-state index contributed by atoms with van der Waals surface area (Å²) in [6.07, 6.45) is 5.30. The molecule has 1 N–H and O–H groups in total. The van der Waals surface area contributed by atoms with Crippen LogP contribution in [0.5, 0.6) is 0 Å². The third-order valence-corrected chi connectivity index (χ3v) is 4.37. The van der Waals surface area contributed by atoms with Crippen LogP contribution in [0.1, 0.15) is 44.2 Å². The molecule has 18 heavy (non-hydrogen) atoms. The number of hydrogen-bond donors (Lipinski definition) is 1. The van der Waals surface area contributed by atoms with E-state index in [0.717, 1.165) is 12.5 Å². The van der Waals surface area contributed by atoms with Crippen LogP contribution in [0.2, 0.25) is 0 Å². The first kappa shape index (κ1) is 13.6. The second kappa shape index (κ2) is 5.88. The van der Waals surface area contributed by atoms with Crippen LogP contribution in [0.25, 0.3) is 0 Å². The van der Waals surface area contributed by atoms with E-state index in [2.05, 4.69) is 50.4 Å². The van der Waals surface area contributed by atoms with Crippen LogP contribution in [0.15, 0.2) is 24.3 Å². The van der Waals surface area contributed by atoms with Crippen LogP contribution in [-0.4, -0.2) is 13.1 Å². The summed E-state index contributed by atoms with van der Waals surface area (Å²) >= 11 is 0. The van der Waals surface area contributed by atoms with Gasteiger partial charge in [-0.3, -0.25) is 0 Å². The Hall–Kier alpha value is -0.820. The molecule has 0 amide bonds. The summed E-state index contributed by atoms with van der Waals surface area (Å²) in [5.41, 5.74) is 3.42. The van der Waals surface area contributed by atoms with Crippen LogP contribution in [0, 0.1) is 18.3 Å². The van der Waals surface area contributed by atoms with Crippen LogP contribution >= 0.6 is 0 Å². The van der Waals surface area contributed by atoms with Gasteiger partial charge in [0.2, 0.25) is 0 Å². The van der Waals surface area contributed by atoms with Gasteiger partial charge < -0.3 is 5.32 Å². The minimum atomic E-state index is 0.446. The van der Waals surface area contributed by atoms with Crippen molar-refractivity contribution in [2.45, 2.75) is 46.5 Å². The van der Waals surface area contributed by atoms with E-state index < -0.39 is 0 Å². The second-order valence-corrected chi connectivity index (χ2v) is 6.21. The molecule has 0 spiro atoms. The summed E-state index contributed by atoms with van der Waals surface area (Å²) in [5.74, 6) is 0.932. The zero-order valence-electron chi connectivity index (χ0n) is 12.1. The lowest BCUT2D eigenvalue weighted by Crippen LogP contribution is -2.36. The fourth-order valence-corrected chi connectivity index (χ4v) is 2.93. The molecule has 1 aromatic carbocycles. The summed E-state index contributed by atoms with van der Waals surface area (Å²) in [6, 6.07) is 8.86. The Kier molecular flexibility index (Phi) is 4.45. The Morgan fingerprint density at radius 3 is 2.61 bits per heavy atom. The van der Waals surface area contributed by atoms with Crippen molar-refractivity contribution in [3.8, 4) is 0 Å². The quantitative estimate of drug-likeness (QED) is 0.717. The topological polar surface area (TPSA) is 12.0 Å². The molecule has 1 aromatic rings. The van der Waals surface area contributed by atoms with E-state index in [0.29, 0.717) is 5.41 Å².